The summed E-state index contributed by atoms with van der Waals surface area (Å²) in [6.45, 7) is 0.652. The molecular weight excluding hydrogens is 446 g/mol. The molecule has 0 aromatic heterocycles. The van der Waals surface area contributed by atoms with Crippen LogP contribution in [0.15, 0.2) is 83.8 Å². The molecule has 1 amide bonds. The summed E-state index contributed by atoms with van der Waals surface area (Å²) in [7, 11) is -3.97. The van der Waals surface area contributed by atoms with Gasteiger partial charge in [0.15, 0.2) is 11.6 Å². The Balaban J connectivity index is 1.45. The molecule has 3 aromatic rings. The Labute approximate surface area is 192 Å². The Bertz CT molecular complexity index is 1170. The van der Waals surface area contributed by atoms with Crippen LogP contribution in [0.1, 0.15) is 23.5 Å². The van der Waals surface area contributed by atoms with Gasteiger partial charge in [-0.25, -0.2) is 17.2 Å². The van der Waals surface area contributed by atoms with Gasteiger partial charge in [0.25, 0.3) is 0 Å². The number of rotatable bonds is 6. The highest BCUT2D eigenvalue weighted by molar-refractivity contribution is 7.89. The van der Waals surface area contributed by atoms with E-state index in [1.165, 1.54) is 4.31 Å². The molecule has 0 atom stereocenters. The molecule has 3 aromatic carbocycles. The van der Waals surface area contributed by atoms with Crippen molar-refractivity contribution in [2.45, 2.75) is 17.2 Å². The molecule has 33 heavy (non-hydrogen) atoms. The summed E-state index contributed by atoms with van der Waals surface area (Å²) in [4.78, 5) is 14.5. The largest absolute Gasteiger partial charge is 0.340 e. The monoisotopic (exact) mass is 470 g/mol. The SMILES string of the molecule is O=C(CC(c1ccccc1)c1ccccc1)N1CCN(S(=O)(=O)c2ccc(F)c(F)c2)CC1. The molecule has 172 valence electrons. The zero-order valence-electron chi connectivity index (χ0n) is 17.9. The number of benzene rings is 3. The molecule has 8 heteroatoms. The van der Waals surface area contributed by atoms with Gasteiger partial charge in [0.1, 0.15) is 0 Å². The highest BCUT2D eigenvalue weighted by Crippen LogP contribution is 2.29. The minimum atomic E-state index is -3.97. The molecule has 0 radical (unpaired) electrons. The lowest BCUT2D eigenvalue weighted by molar-refractivity contribution is -0.132. The van der Waals surface area contributed by atoms with Gasteiger partial charge in [0.2, 0.25) is 15.9 Å². The third kappa shape index (κ3) is 5.12. The average molecular weight is 471 g/mol. The van der Waals surface area contributed by atoms with Crippen LogP contribution in [0.25, 0.3) is 0 Å². The van der Waals surface area contributed by atoms with E-state index in [-0.39, 0.29) is 49.3 Å². The highest BCUT2D eigenvalue weighted by Gasteiger charge is 2.31. The first-order chi connectivity index (χ1) is 15.9. The van der Waals surface area contributed by atoms with Gasteiger partial charge in [-0.2, -0.15) is 4.31 Å². The molecule has 0 saturated carbocycles. The van der Waals surface area contributed by atoms with Gasteiger partial charge in [-0.15, -0.1) is 0 Å². The van der Waals surface area contributed by atoms with Crippen molar-refractivity contribution in [1.82, 2.24) is 9.21 Å². The number of halogens is 2. The summed E-state index contributed by atoms with van der Waals surface area (Å²) in [5.74, 6) is -2.48. The van der Waals surface area contributed by atoms with E-state index in [1.807, 2.05) is 60.7 Å². The Morgan fingerprint density at radius 1 is 0.788 bits per heavy atom. The van der Waals surface area contributed by atoms with Crippen molar-refractivity contribution in [3.05, 3.63) is 102 Å². The molecule has 5 nitrogen and oxygen atoms in total. The smallest absolute Gasteiger partial charge is 0.243 e. The Hall–Kier alpha value is -3.10. The van der Waals surface area contributed by atoms with Gasteiger partial charge in [-0.3, -0.25) is 4.79 Å². The summed E-state index contributed by atoms with van der Waals surface area (Å²) >= 11 is 0. The quantitative estimate of drug-likeness (QED) is 0.547. The minimum absolute atomic E-state index is 0.0578. The molecule has 0 spiro atoms. The van der Waals surface area contributed by atoms with Gasteiger partial charge in [-0.1, -0.05) is 60.7 Å². The van der Waals surface area contributed by atoms with E-state index >= 15 is 0 Å². The third-order valence-electron chi connectivity index (χ3n) is 5.90. The number of sulfonamides is 1. The van der Waals surface area contributed by atoms with E-state index in [0.29, 0.717) is 6.07 Å². The number of carbonyl (C=O) groups is 1. The molecule has 0 N–H and O–H groups in total. The first-order valence-electron chi connectivity index (χ1n) is 10.7. The molecule has 0 aliphatic carbocycles. The normalized spacial score (nSPS) is 15.1. The maximum absolute atomic E-state index is 13.5. The molecule has 1 aliphatic heterocycles. The van der Waals surface area contributed by atoms with Gasteiger partial charge in [0.05, 0.1) is 4.90 Å². The number of amides is 1. The van der Waals surface area contributed by atoms with Gasteiger partial charge >= 0.3 is 0 Å². The summed E-state index contributed by atoms with van der Waals surface area (Å²) in [5, 5.41) is 0. The molecule has 1 fully saturated rings. The fourth-order valence-corrected chi connectivity index (χ4v) is 5.50. The predicted octanol–water partition coefficient (Wildman–Crippen LogP) is 4.02. The maximum Gasteiger partial charge on any atom is 0.243 e. The molecule has 1 aliphatic rings. The van der Waals surface area contributed by atoms with Gasteiger partial charge in [-0.05, 0) is 29.3 Å². The Morgan fingerprint density at radius 2 is 1.33 bits per heavy atom. The van der Waals surface area contributed by atoms with Crippen LogP contribution in [0.3, 0.4) is 0 Å². The van der Waals surface area contributed by atoms with Crippen molar-refractivity contribution >= 4 is 15.9 Å². The number of carbonyl (C=O) groups excluding carboxylic acids is 1. The zero-order chi connectivity index (χ0) is 23.4. The van der Waals surface area contributed by atoms with Crippen molar-refractivity contribution in [3.8, 4) is 0 Å². The van der Waals surface area contributed by atoms with Crippen LogP contribution in [0.2, 0.25) is 0 Å². The Morgan fingerprint density at radius 3 is 1.85 bits per heavy atom. The minimum Gasteiger partial charge on any atom is -0.340 e. The molecule has 0 bridgehead atoms. The van der Waals surface area contributed by atoms with Crippen molar-refractivity contribution in [3.63, 3.8) is 0 Å². The van der Waals surface area contributed by atoms with Crippen LogP contribution in [0.5, 0.6) is 0 Å². The lowest BCUT2D eigenvalue weighted by Crippen LogP contribution is -2.50. The number of nitrogens with zero attached hydrogens (tertiary/aromatic N) is 2. The van der Waals surface area contributed by atoms with Crippen LogP contribution in [0.4, 0.5) is 8.78 Å². The highest BCUT2D eigenvalue weighted by atomic mass is 32.2. The fraction of sp³-hybridized carbons (Fsp3) is 0.240. The fourth-order valence-electron chi connectivity index (χ4n) is 4.07. The van der Waals surface area contributed by atoms with Crippen molar-refractivity contribution in [1.29, 1.82) is 0 Å². The summed E-state index contributed by atoms with van der Waals surface area (Å²) in [6, 6.07) is 22.2. The van der Waals surface area contributed by atoms with Crippen LogP contribution in [-0.4, -0.2) is 49.7 Å². The lowest BCUT2D eigenvalue weighted by atomic mass is 9.88. The second-order valence-electron chi connectivity index (χ2n) is 7.94. The predicted molar refractivity (Wildman–Crippen MR) is 121 cm³/mol. The van der Waals surface area contributed by atoms with Crippen LogP contribution in [0, 0.1) is 11.6 Å². The van der Waals surface area contributed by atoms with Crippen LogP contribution < -0.4 is 0 Å². The van der Waals surface area contributed by atoms with Crippen LogP contribution >= 0.6 is 0 Å². The van der Waals surface area contributed by atoms with E-state index in [2.05, 4.69) is 0 Å². The van der Waals surface area contributed by atoms with E-state index in [0.717, 1.165) is 23.3 Å². The number of piperazine rings is 1. The lowest BCUT2D eigenvalue weighted by Gasteiger charge is -2.34. The standard InChI is InChI=1S/C25H24F2N2O3S/c26-23-12-11-21(17-24(23)27)33(31,32)29-15-13-28(14-16-29)25(30)18-22(19-7-3-1-4-8-19)20-9-5-2-6-10-20/h1-12,17,22H,13-16,18H2. The Kier molecular flexibility index (Phi) is 6.85. The van der Waals surface area contributed by atoms with E-state index < -0.39 is 21.7 Å². The molecule has 4 rings (SSSR count). The van der Waals surface area contributed by atoms with Crippen LogP contribution in [-0.2, 0) is 14.8 Å². The molecule has 1 heterocycles. The summed E-state index contributed by atoms with van der Waals surface area (Å²) < 4.78 is 53.5. The number of hydrogen-bond donors (Lipinski definition) is 0. The van der Waals surface area contributed by atoms with Crippen molar-refractivity contribution in [2.75, 3.05) is 26.2 Å². The van der Waals surface area contributed by atoms with E-state index in [4.69, 9.17) is 0 Å². The van der Waals surface area contributed by atoms with Gasteiger partial charge < -0.3 is 4.90 Å². The maximum atomic E-state index is 13.5. The zero-order valence-corrected chi connectivity index (χ0v) is 18.7. The molecule has 1 saturated heterocycles. The molecular formula is C25H24F2N2O3S. The molecule has 0 unspecified atom stereocenters. The second kappa shape index (κ2) is 9.80. The summed E-state index contributed by atoms with van der Waals surface area (Å²) in [5.41, 5.74) is 2.08. The first-order valence-corrected chi connectivity index (χ1v) is 12.1. The first kappa shape index (κ1) is 23.1. The van der Waals surface area contributed by atoms with E-state index in [1.54, 1.807) is 4.90 Å². The average Bonchev–Trinajstić information content (AvgIpc) is 2.85. The van der Waals surface area contributed by atoms with Crippen molar-refractivity contribution < 1.29 is 22.0 Å². The number of hydrogen-bond acceptors (Lipinski definition) is 3. The second-order valence-corrected chi connectivity index (χ2v) is 9.88. The topological polar surface area (TPSA) is 57.7 Å². The van der Waals surface area contributed by atoms with Gasteiger partial charge in [0, 0.05) is 38.5 Å². The van der Waals surface area contributed by atoms with E-state index in [9.17, 15) is 22.0 Å². The third-order valence-corrected chi connectivity index (χ3v) is 7.80. The van der Waals surface area contributed by atoms with Crippen molar-refractivity contribution in [2.24, 2.45) is 0 Å². The summed E-state index contributed by atoms with van der Waals surface area (Å²) in [6.07, 6.45) is 0.268.